The molecule has 0 radical (unpaired) electrons. The average molecular weight is 391 g/mol. The van der Waals surface area contributed by atoms with Gasteiger partial charge in [0.25, 0.3) is 5.91 Å². The molecule has 0 saturated carbocycles. The minimum atomic E-state index is -0.563. The summed E-state index contributed by atoms with van der Waals surface area (Å²) in [5.74, 6) is -0.284. The molecule has 0 saturated heterocycles. The summed E-state index contributed by atoms with van der Waals surface area (Å²) in [6.07, 6.45) is 0.216. The van der Waals surface area contributed by atoms with Crippen molar-refractivity contribution in [3.8, 4) is 0 Å². The first-order valence-corrected chi connectivity index (χ1v) is 9.17. The fourth-order valence-corrected chi connectivity index (χ4v) is 2.96. The van der Waals surface area contributed by atoms with Gasteiger partial charge in [0, 0.05) is 35.8 Å². The van der Waals surface area contributed by atoms with Gasteiger partial charge in [0.15, 0.2) is 5.69 Å². The Morgan fingerprint density at radius 3 is 2.67 bits per heavy atom. The number of halogens is 1. The molecule has 8 heteroatoms. The molecule has 0 unspecified atom stereocenters. The number of hydrogen-bond acceptors (Lipinski definition) is 4. The van der Waals surface area contributed by atoms with E-state index in [9.17, 15) is 9.59 Å². The normalized spacial score (nSPS) is 13.9. The molecule has 2 aromatic rings. The molecule has 3 rings (SSSR count). The third-order valence-corrected chi connectivity index (χ3v) is 4.42. The van der Waals surface area contributed by atoms with E-state index in [-0.39, 0.29) is 12.0 Å². The van der Waals surface area contributed by atoms with Crippen molar-refractivity contribution in [1.29, 1.82) is 0 Å². The van der Waals surface area contributed by atoms with Crippen LogP contribution in [0.3, 0.4) is 0 Å². The van der Waals surface area contributed by atoms with Crippen LogP contribution in [0, 0.1) is 0 Å². The number of fused-ring (bicyclic) bond motifs is 1. The van der Waals surface area contributed by atoms with Crippen molar-refractivity contribution in [3.63, 3.8) is 0 Å². The number of nitrogens with one attached hydrogen (secondary N) is 2. The van der Waals surface area contributed by atoms with Crippen molar-refractivity contribution in [2.24, 2.45) is 0 Å². The van der Waals surface area contributed by atoms with Crippen molar-refractivity contribution in [1.82, 2.24) is 20.4 Å². The molecule has 2 heterocycles. The lowest BCUT2D eigenvalue weighted by molar-refractivity contribution is 0.0222. The van der Waals surface area contributed by atoms with E-state index in [1.165, 1.54) is 0 Å². The Hall–Kier alpha value is -2.54. The molecule has 2 amide bonds. The number of carbonyl (C=O) groups is 2. The van der Waals surface area contributed by atoms with E-state index in [1.807, 2.05) is 32.9 Å². The molecule has 0 spiro atoms. The molecule has 0 aliphatic carbocycles. The van der Waals surface area contributed by atoms with Crippen molar-refractivity contribution in [2.45, 2.75) is 45.9 Å². The third kappa shape index (κ3) is 4.80. The van der Waals surface area contributed by atoms with E-state index in [2.05, 4.69) is 15.5 Å². The molecule has 1 aliphatic rings. The van der Waals surface area contributed by atoms with Gasteiger partial charge in [-0.25, -0.2) is 4.79 Å². The standard InChI is InChI=1S/C19H23ClN4O3/c1-19(2,3)27-18(26)24-9-8-15-14(11-24)16(23-22-15)17(25)21-10-12-4-6-13(20)7-5-12/h4-7H,8-11H2,1-3H3,(H,21,25)(H,22,23). The smallest absolute Gasteiger partial charge is 0.410 e. The fourth-order valence-electron chi connectivity index (χ4n) is 2.83. The number of aromatic nitrogens is 2. The maximum Gasteiger partial charge on any atom is 0.410 e. The van der Waals surface area contributed by atoms with Gasteiger partial charge >= 0.3 is 6.09 Å². The lowest BCUT2D eigenvalue weighted by Gasteiger charge is -2.30. The second-order valence-electron chi connectivity index (χ2n) is 7.49. The highest BCUT2D eigenvalue weighted by atomic mass is 35.5. The Bertz CT molecular complexity index is 840. The van der Waals surface area contributed by atoms with Crippen LogP contribution < -0.4 is 5.32 Å². The number of aromatic amines is 1. The first-order valence-electron chi connectivity index (χ1n) is 8.79. The molecule has 0 bridgehead atoms. The van der Waals surface area contributed by atoms with Gasteiger partial charge < -0.3 is 15.0 Å². The Kier molecular flexibility index (Phi) is 5.41. The van der Waals surface area contributed by atoms with Gasteiger partial charge in [-0.05, 0) is 38.5 Å². The largest absolute Gasteiger partial charge is 0.444 e. The molecule has 144 valence electrons. The van der Waals surface area contributed by atoms with E-state index in [1.54, 1.807) is 17.0 Å². The van der Waals surface area contributed by atoms with Crippen LogP contribution in [-0.2, 0) is 24.2 Å². The summed E-state index contributed by atoms with van der Waals surface area (Å²) in [6.45, 7) is 6.67. The van der Waals surface area contributed by atoms with Crippen LogP contribution in [-0.4, -0.2) is 39.2 Å². The Morgan fingerprint density at radius 2 is 2.00 bits per heavy atom. The fraction of sp³-hybridized carbons (Fsp3) is 0.421. The number of hydrogen-bond donors (Lipinski definition) is 2. The summed E-state index contributed by atoms with van der Waals surface area (Å²) in [7, 11) is 0. The molecular formula is C19H23ClN4O3. The molecule has 2 N–H and O–H groups in total. The number of benzene rings is 1. The predicted molar refractivity (Wildman–Crippen MR) is 102 cm³/mol. The maximum atomic E-state index is 12.6. The second-order valence-corrected chi connectivity index (χ2v) is 7.93. The number of carbonyl (C=O) groups excluding carboxylic acids is 2. The number of amides is 2. The minimum Gasteiger partial charge on any atom is -0.444 e. The third-order valence-electron chi connectivity index (χ3n) is 4.17. The van der Waals surface area contributed by atoms with Crippen molar-refractivity contribution >= 4 is 23.6 Å². The molecule has 27 heavy (non-hydrogen) atoms. The van der Waals surface area contributed by atoms with Crippen LogP contribution in [0.15, 0.2) is 24.3 Å². The molecule has 7 nitrogen and oxygen atoms in total. The van der Waals surface area contributed by atoms with Gasteiger partial charge in [0.2, 0.25) is 0 Å². The van der Waals surface area contributed by atoms with Crippen LogP contribution in [0.4, 0.5) is 4.79 Å². The highest BCUT2D eigenvalue weighted by Gasteiger charge is 2.30. The van der Waals surface area contributed by atoms with Crippen LogP contribution in [0.5, 0.6) is 0 Å². The van der Waals surface area contributed by atoms with Gasteiger partial charge in [-0.2, -0.15) is 5.10 Å². The zero-order chi connectivity index (χ0) is 19.6. The van der Waals surface area contributed by atoms with E-state index in [0.29, 0.717) is 36.8 Å². The van der Waals surface area contributed by atoms with E-state index in [0.717, 1.165) is 16.8 Å². The lowest BCUT2D eigenvalue weighted by Crippen LogP contribution is -2.40. The highest BCUT2D eigenvalue weighted by molar-refractivity contribution is 6.30. The van der Waals surface area contributed by atoms with Crippen molar-refractivity contribution < 1.29 is 14.3 Å². The Morgan fingerprint density at radius 1 is 1.30 bits per heavy atom. The SMILES string of the molecule is CC(C)(C)OC(=O)N1CCc2[nH]nc(C(=O)NCc3ccc(Cl)cc3)c2C1. The summed E-state index contributed by atoms with van der Waals surface area (Å²) in [5.41, 5.74) is 2.30. The summed E-state index contributed by atoms with van der Waals surface area (Å²) < 4.78 is 5.43. The number of rotatable bonds is 3. The number of H-pyrrole nitrogens is 1. The molecule has 1 aromatic carbocycles. The molecule has 1 aromatic heterocycles. The van der Waals surface area contributed by atoms with Gasteiger partial charge in [-0.15, -0.1) is 0 Å². The monoisotopic (exact) mass is 390 g/mol. The van der Waals surface area contributed by atoms with Crippen molar-refractivity contribution in [3.05, 3.63) is 51.8 Å². The van der Waals surface area contributed by atoms with E-state index < -0.39 is 5.60 Å². The first-order chi connectivity index (χ1) is 12.7. The predicted octanol–water partition coefficient (Wildman–Crippen LogP) is 3.29. The van der Waals surface area contributed by atoms with Gasteiger partial charge in [-0.1, -0.05) is 23.7 Å². The summed E-state index contributed by atoms with van der Waals surface area (Å²) in [6, 6.07) is 7.26. The van der Waals surface area contributed by atoms with E-state index >= 15 is 0 Å². The van der Waals surface area contributed by atoms with Gasteiger partial charge in [0.05, 0.1) is 6.54 Å². The minimum absolute atomic E-state index is 0.284. The zero-order valence-electron chi connectivity index (χ0n) is 15.6. The molecule has 1 aliphatic heterocycles. The maximum absolute atomic E-state index is 12.6. The molecule has 0 fully saturated rings. The Balaban J connectivity index is 1.67. The number of nitrogens with zero attached hydrogens (tertiary/aromatic N) is 2. The van der Waals surface area contributed by atoms with Crippen LogP contribution in [0.1, 0.15) is 48.1 Å². The molecular weight excluding hydrogens is 368 g/mol. The Labute approximate surface area is 163 Å². The average Bonchev–Trinajstić information content (AvgIpc) is 3.02. The highest BCUT2D eigenvalue weighted by Crippen LogP contribution is 2.22. The first kappa shape index (κ1) is 19.2. The van der Waals surface area contributed by atoms with Crippen LogP contribution in [0.2, 0.25) is 5.02 Å². The summed E-state index contributed by atoms with van der Waals surface area (Å²) in [5, 5.41) is 10.6. The topological polar surface area (TPSA) is 87.3 Å². The lowest BCUT2D eigenvalue weighted by atomic mass is 10.1. The number of ether oxygens (including phenoxy) is 1. The summed E-state index contributed by atoms with van der Waals surface area (Å²) in [4.78, 5) is 26.5. The summed E-state index contributed by atoms with van der Waals surface area (Å²) >= 11 is 5.87. The van der Waals surface area contributed by atoms with Crippen LogP contribution >= 0.6 is 11.6 Å². The zero-order valence-corrected chi connectivity index (χ0v) is 16.4. The van der Waals surface area contributed by atoms with Crippen molar-refractivity contribution in [2.75, 3.05) is 6.54 Å². The van der Waals surface area contributed by atoms with Gasteiger partial charge in [-0.3, -0.25) is 9.89 Å². The van der Waals surface area contributed by atoms with E-state index in [4.69, 9.17) is 16.3 Å². The molecule has 0 atom stereocenters. The quantitative estimate of drug-likeness (QED) is 0.841. The van der Waals surface area contributed by atoms with Gasteiger partial charge in [0.1, 0.15) is 5.60 Å². The second kappa shape index (κ2) is 7.60. The van der Waals surface area contributed by atoms with Crippen LogP contribution in [0.25, 0.3) is 0 Å².